The van der Waals surface area contributed by atoms with E-state index < -0.39 is 0 Å². The lowest BCUT2D eigenvalue weighted by molar-refractivity contribution is 0.613. The van der Waals surface area contributed by atoms with Gasteiger partial charge in [-0.05, 0) is 17.7 Å². The van der Waals surface area contributed by atoms with E-state index in [-0.39, 0.29) is 5.82 Å². The van der Waals surface area contributed by atoms with E-state index in [0.717, 1.165) is 16.6 Å². The van der Waals surface area contributed by atoms with E-state index in [1.165, 1.54) is 12.4 Å². The van der Waals surface area contributed by atoms with Crippen molar-refractivity contribution in [2.24, 2.45) is 0 Å². The number of nitrogens with zero attached hydrogens (tertiary/aromatic N) is 2. The van der Waals surface area contributed by atoms with Crippen molar-refractivity contribution < 1.29 is 4.39 Å². The quantitative estimate of drug-likeness (QED) is 0.684. The minimum Gasteiger partial charge on any atom is -0.240 e. The Morgan fingerprint density at radius 2 is 1.67 bits per heavy atom. The van der Waals surface area contributed by atoms with Gasteiger partial charge < -0.3 is 0 Å². The predicted molar refractivity (Wildman–Crippen MR) is 68.7 cm³/mol. The molecule has 0 N–H and O–H groups in total. The zero-order valence-electron chi connectivity index (χ0n) is 9.68. The number of fused-ring (bicyclic) bond motifs is 1. The first kappa shape index (κ1) is 10.8. The fourth-order valence-corrected chi connectivity index (χ4v) is 2.02. The van der Waals surface area contributed by atoms with E-state index in [9.17, 15) is 4.39 Å². The number of halogens is 1. The standard InChI is InChI=1S/C15H11FN2/c16-13-7-3-1-5-11(13)9-15-12-6-2-4-8-14(12)17-10-18-15/h1-8,10H,9H2. The molecule has 18 heavy (non-hydrogen) atoms. The molecule has 0 saturated heterocycles. The molecule has 2 aromatic carbocycles. The lowest BCUT2D eigenvalue weighted by Crippen LogP contribution is -1.97. The second kappa shape index (κ2) is 4.53. The Bertz CT molecular complexity index is 689. The monoisotopic (exact) mass is 238 g/mol. The third kappa shape index (κ3) is 1.95. The molecule has 0 atom stereocenters. The maximum absolute atomic E-state index is 13.6. The van der Waals surface area contributed by atoms with E-state index in [0.29, 0.717) is 12.0 Å². The van der Waals surface area contributed by atoms with Crippen molar-refractivity contribution in [1.29, 1.82) is 0 Å². The summed E-state index contributed by atoms with van der Waals surface area (Å²) in [6.07, 6.45) is 2.01. The summed E-state index contributed by atoms with van der Waals surface area (Å²) in [5, 5.41) is 0.975. The van der Waals surface area contributed by atoms with Crippen LogP contribution in [0.4, 0.5) is 4.39 Å². The molecule has 0 aliphatic carbocycles. The van der Waals surface area contributed by atoms with Crippen molar-refractivity contribution in [3.8, 4) is 0 Å². The molecule has 1 aromatic heterocycles. The van der Waals surface area contributed by atoms with Gasteiger partial charge in [0, 0.05) is 11.8 Å². The van der Waals surface area contributed by atoms with Gasteiger partial charge in [0.2, 0.25) is 0 Å². The van der Waals surface area contributed by atoms with Crippen molar-refractivity contribution in [3.63, 3.8) is 0 Å². The molecule has 1 heterocycles. The van der Waals surface area contributed by atoms with Crippen molar-refractivity contribution in [1.82, 2.24) is 9.97 Å². The van der Waals surface area contributed by atoms with Crippen molar-refractivity contribution in [3.05, 3.63) is 71.9 Å². The Labute approximate surface area is 104 Å². The molecule has 0 radical (unpaired) electrons. The van der Waals surface area contributed by atoms with Crippen LogP contribution in [0.1, 0.15) is 11.3 Å². The van der Waals surface area contributed by atoms with Gasteiger partial charge in [-0.2, -0.15) is 0 Å². The number of aromatic nitrogens is 2. The smallest absolute Gasteiger partial charge is 0.126 e. The average molecular weight is 238 g/mol. The molecule has 0 saturated carbocycles. The number of hydrogen-bond donors (Lipinski definition) is 0. The maximum Gasteiger partial charge on any atom is 0.126 e. The van der Waals surface area contributed by atoms with Gasteiger partial charge in [-0.15, -0.1) is 0 Å². The van der Waals surface area contributed by atoms with Crippen LogP contribution in [0.25, 0.3) is 10.9 Å². The van der Waals surface area contributed by atoms with E-state index in [2.05, 4.69) is 9.97 Å². The fraction of sp³-hybridized carbons (Fsp3) is 0.0667. The van der Waals surface area contributed by atoms with Crippen LogP contribution < -0.4 is 0 Å². The maximum atomic E-state index is 13.6. The minimum atomic E-state index is -0.194. The molecule has 3 aromatic rings. The second-order valence-corrected chi connectivity index (χ2v) is 4.11. The number of para-hydroxylation sites is 1. The highest BCUT2D eigenvalue weighted by Gasteiger charge is 2.07. The number of benzene rings is 2. The van der Waals surface area contributed by atoms with Crippen molar-refractivity contribution in [2.75, 3.05) is 0 Å². The van der Waals surface area contributed by atoms with Crippen LogP contribution in [-0.4, -0.2) is 9.97 Å². The number of hydrogen-bond acceptors (Lipinski definition) is 2. The van der Waals surface area contributed by atoms with Crippen LogP contribution >= 0.6 is 0 Å². The Morgan fingerprint density at radius 3 is 2.56 bits per heavy atom. The van der Waals surface area contributed by atoms with Gasteiger partial charge in [-0.25, -0.2) is 14.4 Å². The summed E-state index contributed by atoms with van der Waals surface area (Å²) in [7, 11) is 0. The SMILES string of the molecule is Fc1ccccc1Cc1ncnc2ccccc12. The van der Waals surface area contributed by atoms with Crippen molar-refractivity contribution >= 4 is 10.9 Å². The van der Waals surface area contributed by atoms with Gasteiger partial charge >= 0.3 is 0 Å². The summed E-state index contributed by atoms with van der Waals surface area (Å²) in [6, 6.07) is 14.6. The van der Waals surface area contributed by atoms with Crippen LogP contribution in [0.3, 0.4) is 0 Å². The summed E-state index contributed by atoms with van der Waals surface area (Å²) in [6.45, 7) is 0. The molecule has 0 unspecified atom stereocenters. The van der Waals surface area contributed by atoms with Crippen LogP contribution in [-0.2, 0) is 6.42 Å². The summed E-state index contributed by atoms with van der Waals surface area (Å²) in [5.41, 5.74) is 2.39. The summed E-state index contributed by atoms with van der Waals surface area (Å²) >= 11 is 0. The molecule has 0 fully saturated rings. The predicted octanol–water partition coefficient (Wildman–Crippen LogP) is 3.36. The van der Waals surface area contributed by atoms with Crippen molar-refractivity contribution in [2.45, 2.75) is 6.42 Å². The van der Waals surface area contributed by atoms with Crippen LogP contribution in [0, 0.1) is 5.82 Å². The lowest BCUT2D eigenvalue weighted by atomic mass is 10.1. The first-order chi connectivity index (χ1) is 8.84. The molecule has 88 valence electrons. The van der Waals surface area contributed by atoms with Gasteiger partial charge in [0.1, 0.15) is 12.1 Å². The number of rotatable bonds is 2. The second-order valence-electron chi connectivity index (χ2n) is 4.11. The molecule has 3 heteroatoms. The minimum absolute atomic E-state index is 0.194. The first-order valence-electron chi connectivity index (χ1n) is 5.76. The summed E-state index contributed by atoms with van der Waals surface area (Å²) in [4.78, 5) is 8.47. The van der Waals surface area contributed by atoms with Crippen LogP contribution in [0.5, 0.6) is 0 Å². The molecule has 0 aliphatic rings. The Morgan fingerprint density at radius 1 is 0.889 bits per heavy atom. The van der Waals surface area contributed by atoms with E-state index >= 15 is 0 Å². The van der Waals surface area contributed by atoms with Gasteiger partial charge in [0.05, 0.1) is 11.2 Å². The van der Waals surface area contributed by atoms with Gasteiger partial charge in [-0.1, -0.05) is 36.4 Å². The highest BCUT2D eigenvalue weighted by molar-refractivity contribution is 5.80. The van der Waals surface area contributed by atoms with E-state index in [4.69, 9.17) is 0 Å². The molecule has 3 rings (SSSR count). The summed E-state index contributed by atoms with van der Waals surface area (Å²) in [5.74, 6) is -0.194. The average Bonchev–Trinajstić information content (AvgIpc) is 2.42. The molecule has 0 amide bonds. The van der Waals surface area contributed by atoms with Crippen LogP contribution in [0.15, 0.2) is 54.9 Å². The first-order valence-corrected chi connectivity index (χ1v) is 5.76. The fourth-order valence-electron chi connectivity index (χ4n) is 2.02. The summed E-state index contributed by atoms with van der Waals surface area (Å²) < 4.78 is 13.6. The zero-order chi connectivity index (χ0) is 12.4. The molecule has 0 aliphatic heterocycles. The zero-order valence-corrected chi connectivity index (χ0v) is 9.68. The molecular weight excluding hydrogens is 227 g/mol. The highest BCUT2D eigenvalue weighted by atomic mass is 19.1. The Balaban J connectivity index is 2.08. The normalized spacial score (nSPS) is 10.7. The van der Waals surface area contributed by atoms with Gasteiger partial charge in [0.15, 0.2) is 0 Å². The largest absolute Gasteiger partial charge is 0.240 e. The molecule has 0 bridgehead atoms. The van der Waals surface area contributed by atoms with E-state index in [1.54, 1.807) is 12.1 Å². The third-order valence-corrected chi connectivity index (χ3v) is 2.94. The highest BCUT2D eigenvalue weighted by Crippen LogP contribution is 2.18. The molecular formula is C15H11FN2. The van der Waals surface area contributed by atoms with Gasteiger partial charge in [-0.3, -0.25) is 0 Å². The lowest BCUT2D eigenvalue weighted by Gasteiger charge is -2.05. The van der Waals surface area contributed by atoms with E-state index in [1.807, 2.05) is 30.3 Å². The topological polar surface area (TPSA) is 25.8 Å². The van der Waals surface area contributed by atoms with Crippen LogP contribution in [0.2, 0.25) is 0 Å². The molecule has 0 spiro atoms. The Hall–Kier alpha value is -2.29. The Kier molecular flexibility index (Phi) is 2.73. The van der Waals surface area contributed by atoms with Gasteiger partial charge in [0.25, 0.3) is 0 Å². The molecule has 2 nitrogen and oxygen atoms in total. The third-order valence-electron chi connectivity index (χ3n) is 2.94.